The van der Waals surface area contributed by atoms with Gasteiger partial charge >= 0.3 is 0 Å². The molecule has 0 bridgehead atoms. The van der Waals surface area contributed by atoms with E-state index in [1.807, 2.05) is 54.6 Å². The Morgan fingerprint density at radius 2 is 1.76 bits per heavy atom. The zero-order chi connectivity index (χ0) is 14.7. The molecule has 0 aliphatic heterocycles. The lowest BCUT2D eigenvalue weighted by atomic mass is 9.85. The third-order valence-electron chi connectivity index (χ3n) is 3.52. The van der Waals surface area contributed by atoms with Crippen LogP contribution >= 0.6 is 0 Å². The maximum absolute atomic E-state index is 11.1. The molecule has 104 valence electrons. The summed E-state index contributed by atoms with van der Waals surface area (Å²) in [6, 6.07) is 17.6. The zero-order valence-corrected chi connectivity index (χ0v) is 11.4. The molecule has 3 aromatic rings. The van der Waals surface area contributed by atoms with Gasteiger partial charge in [0.05, 0.1) is 6.20 Å². The van der Waals surface area contributed by atoms with Gasteiger partial charge in [-0.2, -0.15) is 15.4 Å². The van der Waals surface area contributed by atoms with Gasteiger partial charge in [-0.3, -0.25) is 0 Å². The monoisotopic (exact) mass is 277 g/mol. The van der Waals surface area contributed by atoms with E-state index in [9.17, 15) is 5.11 Å². The number of rotatable bonds is 4. The summed E-state index contributed by atoms with van der Waals surface area (Å²) in [5, 5.41) is 21.4. The van der Waals surface area contributed by atoms with Crippen LogP contribution in [-0.2, 0) is 5.60 Å². The van der Waals surface area contributed by atoms with E-state index < -0.39 is 5.60 Å². The van der Waals surface area contributed by atoms with Gasteiger partial charge in [-0.1, -0.05) is 61.2 Å². The summed E-state index contributed by atoms with van der Waals surface area (Å²) in [6.45, 7) is 3.77. The Labute approximate surface area is 122 Å². The first-order valence-electron chi connectivity index (χ1n) is 6.63. The van der Waals surface area contributed by atoms with Crippen molar-refractivity contribution in [2.24, 2.45) is 0 Å². The Bertz CT molecular complexity index is 738. The van der Waals surface area contributed by atoms with Crippen LogP contribution in [0, 0.1) is 0 Å². The highest BCUT2D eigenvalue weighted by Gasteiger charge is 2.33. The van der Waals surface area contributed by atoms with Gasteiger partial charge in [-0.15, -0.1) is 0 Å². The van der Waals surface area contributed by atoms with E-state index in [1.54, 1.807) is 0 Å². The van der Waals surface area contributed by atoms with Crippen molar-refractivity contribution in [2.45, 2.75) is 5.60 Å². The van der Waals surface area contributed by atoms with Crippen molar-refractivity contribution < 1.29 is 5.11 Å². The number of aromatic amines is 1. The lowest BCUT2D eigenvalue weighted by Crippen LogP contribution is -2.25. The highest BCUT2D eigenvalue weighted by molar-refractivity contribution is 5.69. The minimum atomic E-state index is -1.39. The molecule has 0 aliphatic rings. The molecule has 0 saturated carbocycles. The highest BCUT2D eigenvalue weighted by atomic mass is 16.3. The molecule has 0 aliphatic carbocycles. The van der Waals surface area contributed by atoms with Gasteiger partial charge in [0.15, 0.2) is 5.60 Å². The molecule has 4 nitrogen and oxygen atoms in total. The zero-order valence-electron chi connectivity index (χ0n) is 11.4. The van der Waals surface area contributed by atoms with Gasteiger partial charge in [-0.05, 0) is 17.2 Å². The largest absolute Gasteiger partial charge is 0.375 e. The summed E-state index contributed by atoms with van der Waals surface area (Å²) in [5.41, 5.74) is 1.71. The minimum Gasteiger partial charge on any atom is -0.375 e. The van der Waals surface area contributed by atoms with Gasteiger partial charge in [0, 0.05) is 5.56 Å². The van der Waals surface area contributed by atoms with E-state index >= 15 is 0 Å². The lowest BCUT2D eigenvalue weighted by Gasteiger charge is -2.25. The summed E-state index contributed by atoms with van der Waals surface area (Å²) in [6.07, 6.45) is 2.98. The van der Waals surface area contributed by atoms with Crippen LogP contribution in [-0.4, -0.2) is 20.5 Å². The Morgan fingerprint density at radius 3 is 2.43 bits per heavy atom. The molecule has 2 N–H and O–H groups in total. The van der Waals surface area contributed by atoms with Crippen LogP contribution in [0.25, 0.3) is 11.1 Å². The predicted octanol–water partition coefficient (Wildman–Crippen LogP) is 2.89. The first kappa shape index (κ1) is 13.3. The highest BCUT2D eigenvalue weighted by Crippen LogP contribution is 2.36. The normalized spacial score (nSPS) is 13.6. The molecule has 4 heteroatoms. The molecule has 2 aromatic carbocycles. The van der Waals surface area contributed by atoms with Crippen molar-refractivity contribution >= 4 is 0 Å². The van der Waals surface area contributed by atoms with Crippen molar-refractivity contribution in [3.05, 3.63) is 84.7 Å². The third-order valence-corrected chi connectivity index (χ3v) is 3.52. The van der Waals surface area contributed by atoms with Crippen LogP contribution in [0.4, 0.5) is 0 Å². The van der Waals surface area contributed by atoms with Crippen LogP contribution < -0.4 is 0 Å². The molecule has 1 atom stereocenters. The van der Waals surface area contributed by atoms with E-state index in [2.05, 4.69) is 22.0 Å². The smallest absolute Gasteiger partial charge is 0.154 e. The van der Waals surface area contributed by atoms with Crippen molar-refractivity contribution in [3.8, 4) is 11.1 Å². The van der Waals surface area contributed by atoms with Crippen LogP contribution in [0.1, 0.15) is 11.3 Å². The predicted molar refractivity (Wildman–Crippen MR) is 81.5 cm³/mol. The number of aromatic nitrogens is 3. The Kier molecular flexibility index (Phi) is 3.38. The standard InChI is InChI=1S/C17H15N3O/c1-2-17(21,16-12-18-20-19-16)15-11-7-6-10-14(15)13-8-4-3-5-9-13/h2-12,21H,1H2,(H,18,19,20). The van der Waals surface area contributed by atoms with Gasteiger partial charge in [0.25, 0.3) is 0 Å². The lowest BCUT2D eigenvalue weighted by molar-refractivity contribution is 0.130. The fraction of sp³-hybridized carbons (Fsp3) is 0.0588. The first-order chi connectivity index (χ1) is 10.3. The fourth-order valence-electron chi connectivity index (χ4n) is 2.42. The third kappa shape index (κ3) is 2.26. The molecule has 1 unspecified atom stereocenters. The second kappa shape index (κ2) is 5.34. The summed E-state index contributed by atoms with van der Waals surface area (Å²) < 4.78 is 0. The number of hydrogen-bond acceptors (Lipinski definition) is 3. The van der Waals surface area contributed by atoms with E-state index in [4.69, 9.17) is 0 Å². The molecule has 0 amide bonds. The maximum atomic E-state index is 11.1. The Hall–Kier alpha value is -2.72. The summed E-state index contributed by atoms with van der Waals surface area (Å²) in [4.78, 5) is 0. The molecular weight excluding hydrogens is 262 g/mol. The molecule has 3 rings (SSSR count). The topological polar surface area (TPSA) is 61.8 Å². The first-order valence-corrected chi connectivity index (χ1v) is 6.63. The number of nitrogens with zero attached hydrogens (tertiary/aromatic N) is 2. The maximum Gasteiger partial charge on any atom is 0.154 e. The van der Waals surface area contributed by atoms with E-state index in [0.717, 1.165) is 16.7 Å². The van der Waals surface area contributed by atoms with Gasteiger partial charge < -0.3 is 5.11 Å². The molecule has 0 saturated heterocycles. The molecular formula is C17H15N3O. The van der Waals surface area contributed by atoms with Crippen LogP contribution in [0.2, 0.25) is 0 Å². The van der Waals surface area contributed by atoms with Crippen LogP contribution in [0.15, 0.2) is 73.4 Å². The molecule has 21 heavy (non-hydrogen) atoms. The van der Waals surface area contributed by atoms with Crippen LogP contribution in [0.3, 0.4) is 0 Å². The number of H-pyrrole nitrogens is 1. The molecule has 1 aromatic heterocycles. The van der Waals surface area contributed by atoms with Crippen molar-refractivity contribution in [1.82, 2.24) is 15.4 Å². The minimum absolute atomic E-state index is 0.417. The molecule has 0 fully saturated rings. The number of aliphatic hydroxyl groups is 1. The summed E-state index contributed by atoms with van der Waals surface area (Å²) in [5.74, 6) is 0. The van der Waals surface area contributed by atoms with Crippen LogP contribution in [0.5, 0.6) is 0 Å². The summed E-state index contributed by atoms with van der Waals surface area (Å²) in [7, 11) is 0. The second-order valence-electron chi connectivity index (χ2n) is 4.74. The van der Waals surface area contributed by atoms with E-state index in [1.165, 1.54) is 12.3 Å². The van der Waals surface area contributed by atoms with Gasteiger partial charge in [0.1, 0.15) is 5.69 Å². The average Bonchev–Trinajstić information content (AvgIpc) is 3.10. The molecule has 0 radical (unpaired) electrons. The average molecular weight is 277 g/mol. The molecule has 0 spiro atoms. The summed E-state index contributed by atoms with van der Waals surface area (Å²) >= 11 is 0. The fourth-order valence-corrected chi connectivity index (χ4v) is 2.42. The van der Waals surface area contributed by atoms with Crippen molar-refractivity contribution in [3.63, 3.8) is 0 Å². The SMILES string of the molecule is C=CC(O)(c1cn[nH]n1)c1ccccc1-c1ccccc1. The van der Waals surface area contributed by atoms with E-state index in [-0.39, 0.29) is 0 Å². The number of hydrogen-bond donors (Lipinski definition) is 2. The van der Waals surface area contributed by atoms with E-state index in [0.29, 0.717) is 5.69 Å². The quantitative estimate of drug-likeness (QED) is 0.721. The number of benzene rings is 2. The number of nitrogens with one attached hydrogen (secondary N) is 1. The Balaban J connectivity index is 2.21. The van der Waals surface area contributed by atoms with Gasteiger partial charge in [0.2, 0.25) is 0 Å². The van der Waals surface area contributed by atoms with Crippen molar-refractivity contribution in [2.75, 3.05) is 0 Å². The van der Waals surface area contributed by atoms with Gasteiger partial charge in [-0.25, -0.2) is 0 Å². The second-order valence-corrected chi connectivity index (χ2v) is 4.74. The van der Waals surface area contributed by atoms with Crippen molar-refractivity contribution in [1.29, 1.82) is 0 Å². The Morgan fingerprint density at radius 1 is 1.05 bits per heavy atom. The molecule has 1 heterocycles.